The zero-order valence-electron chi connectivity index (χ0n) is 17.7. The number of benzene rings is 1. The van der Waals surface area contributed by atoms with Crippen molar-refractivity contribution in [3.63, 3.8) is 0 Å². The third-order valence-corrected chi connectivity index (χ3v) is 6.53. The van der Waals surface area contributed by atoms with E-state index < -0.39 is 0 Å². The Morgan fingerprint density at radius 1 is 1.23 bits per heavy atom. The Bertz CT molecular complexity index is 986. The fourth-order valence-electron chi connectivity index (χ4n) is 4.64. The van der Waals surface area contributed by atoms with Gasteiger partial charge in [-0.25, -0.2) is 0 Å². The number of methoxy groups -OCH3 is 1. The molecule has 1 saturated carbocycles. The lowest BCUT2D eigenvalue weighted by atomic mass is 9.81. The molecule has 1 unspecified atom stereocenters. The molecule has 0 bridgehead atoms. The van der Waals surface area contributed by atoms with Crippen LogP contribution in [0.25, 0.3) is 10.9 Å². The number of ether oxygens (including phenoxy) is 1. The molecule has 3 N–H and O–H groups in total. The SMILES string of the molecule is COc1ccc2ccc(=O)n(CC(N)C3CCC(NCC4=NC=CCC4)CC3)c2c1. The number of nitrogens with zero attached hydrogens (tertiary/aromatic N) is 2. The molecule has 1 aromatic carbocycles. The number of hydrogen-bond acceptors (Lipinski definition) is 5. The maximum absolute atomic E-state index is 12.6. The highest BCUT2D eigenvalue weighted by Crippen LogP contribution is 2.28. The van der Waals surface area contributed by atoms with Gasteiger partial charge < -0.3 is 20.4 Å². The summed E-state index contributed by atoms with van der Waals surface area (Å²) in [5, 5.41) is 4.70. The van der Waals surface area contributed by atoms with Crippen LogP contribution in [0.5, 0.6) is 5.75 Å². The van der Waals surface area contributed by atoms with E-state index in [4.69, 9.17) is 10.5 Å². The minimum Gasteiger partial charge on any atom is -0.497 e. The van der Waals surface area contributed by atoms with Crippen molar-refractivity contribution in [2.24, 2.45) is 16.6 Å². The van der Waals surface area contributed by atoms with Crippen LogP contribution in [0.15, 0.2) is 52.4 Å². The summed E-state index contributed by atoms with van der Waals surface area (Å²) in [6.45, 7) is 1.42. The van der Waals surface area contributed by atoms with Gasteiger partial charge in [-0.2, -0.15) is 0 Å². The van der Waals surface area contributed by atoms with Crippen molar-refractivity contribution in [3.8, 4) is 5.75 Å². The van der Waals surface area contributed by atoms with E-state index in [0.717, 1.165) is 61.7 Å². The molecule has 1 aliphatic carbocycles. The number of fused-ring (bicyclic) bond motifs is 1. The summed E-state index contributed by atoms with van der Waals surface area (Å²) in [5.74, 6) is 1.19. The molecule has 6 heteroatoms. The number of aliphatic imine (C=N–C) groups is 1. The van der Waals surface area contributed by atoms with Crippen molar-refractivity contribution in [1.82, 2.24) is 9.88 Å². The average Bonchev–Trinajstić information content (AvgIpc) is 2.80. The number of aromatic nitrogens is 1. The van der Waals surface area contributed by atoms with Gasteiger partial charge in [-0.15, -0.1) is 0 Å². The molecule has 0 radical (unpaired) electrons. The van der Waals surface area contributed by atoms with Crippen LogP contribution in [0.2, 0.25) is 0 Å². The zero-order valence-corrected chi connectivity index (χ0v) is 17.7. The fraction of sp³-hybridized carbons (Fsp3) is 0.500. The molecular weight excluding hydrogens is 376 g/mol. The Hall–Kier alpha value is -2.44. The minimum atomic E-state index is -0.0340. The van der Waals surface area contributed by atoms with Crippen LogP contribution in [0.4, 0.5) is 0 Å². The number of nitrogens with two attached hydrogens (primary N) is 1. The van der Waals surface area contributed by atoms with E-state index in [1.165, 1.54) is 5.71 Å². The first-order chi connectivity index (χ1) is 14.6. The highest BCUT2D eigenvalue weighted by Gasteiger charge is 2.26. The Morgan fingerprint density at radius 3 is 2.77 bits per heavy atom. The molecular formula is C24H32N4O2. The first-order valence-corrected chi connectivity index (χ1v) is 11.0. The van der Waals surface area contributed by atoms with Crippen molar-refractivity contribution in [2.45, 2.75) is 57.2 Å². The third-order valence-electron chi connectivity index (χ3n) is 6.53. The summed E-state index contributed by atoms with van der Waals surface area (Å²) in [4.78, 5) is 17.0. The van der Waals surface area contributed by atoms with Crippen LogP contribution in [0, 0.1) is 5.92 Å². The molecule has 1 aromatic heterocycles. The molecule has 2 aliphatic rings. The van der Waals surface area contributed by atoms with Crippen molar-refractivity contribution < 1.29 is 4.74 Å². The van der Waals surface area contributed by atoms with Crippen LogP contribution in [0.3, 0.4) is 0 Å². The molecule has 30 heavy (non-hydrogen) atoms. The van der Waals surface area contributed by atoms with Gasteiger partial charge >= 0.3 is 0 Å². The topological polar surface area (TPSA) is 81.6 Å². The average molecular weight is 409 g/mol. The maximum atomic E-state index is 12.6. The second-order valence-electron chi connectivity index (χ2n) is 8.48. The van der Waals surface area contributed by atoms with E-state index in [0.29, 0.717) is 18.5 Å². The van der Waals surface area contributed by atoms with Gasteiger partial charge in [0.15, 0.2) is 0 Å². The highest BCUT2D eigenvalue weighted by molar-refractivity contribution is 5.87. The summed E-state index contributed by atoms with van der Waals surface area (Å²) in [7, 11) is 1.64. The van der Waals surface area contributed by atoms with Gasteiger partial charge in [0.25, 0.3) is 5.56 Å². The molecule has 2 heterocycles. The predicted molar refractivity (Wildman–Crippen MR) is 122 cm³/mol. The first-order valence-electron chi connectivity index (χ1n) is 11.0. The Kier molecular flexibility index (Phi) is 6.65. The van der Waals surface area contributed by atoms with Crippen LogP contribution < -0.4 is 21.3 Å². The molecule has 0 spiro atoms. The molecule has 1 aliphatic heterocycles. The van der Waals surface area contributed by atoms with Crippen LogP contribution in [-0.2, 0) is 6.54 Å². The largest absolute Gasteiger partial charge is 0.497 e. The van der Waals surface area contributed by atoms with Gasteiger partial charge in [0.2, 0.25) is 0 Å². The molecule has 0 saturated heterocycles. The van der Waals surface area contributed by atoms with Crippen molar-refractivity contribution in [3.05, 3.63) is 53.0 Å². The second kappa shape index (κ2) is 9.58. The molecule has 0 amide bonds. The fourth-order valence-corrected chi connectivity index (χ4v) is 4.64. The lowest BCUT2D eigenvalue weighted by Crippen LogP contribution is -2.43. The quantitative estimate of drug-likeness (QED) is 0.737. The third kappa shape index (κ3) is 4.82. The van der Waals surface area contributed by atoms with Gasteiger partial charge in [0, 0.05) is 49.2 Å². The molecule has 1 atom stereocenters. The number of rotatable bonds is 7. The molecule has 1 fully saturated rings. The monoisotopic (exact) mass is 408 g/mol. The van der Waals surface area contributed by atoms with E-state index in [9.17, 15) is 4.79 Å². The van der Waals surface area contributed by atoms with Crippen LogP contribution >= 0.6 is 0 Å². The maximum Gasteiger partial charge on any atom is 0.251 e. The van der Waals surface area contributed by atoms with E-state index in [-0.39, 0.29) is 11.6 Å². The summed E-state index contributed by atoms with van der Waals surface area (Å²) < 4.78 is 7.16. The number of pyridine rings is 1. The number of allylic oxidation sites excluding steroid dienone is 1. The predicted octanol–water partition coefficient (Wildman–Crippen LogP) is 3.23. The van der Waals surface area contributed by atoms with Gasteiger partial charge in [-0.05, 0) is 68.0 Å². The normalized spacial score (nSPS) is 22.7. The summed E-state index contributed by atoms with van der Waals surface area (Å²) in [6, 6.07) is 9.82. The molecule has 160 valence electrons. The van der Waals surface area contributed by atoms with Gasteiger partial charge in [0.05, 0.1) is 12.6 Å². The molecule has 6 nitrogen and oxygen atoms in total. The Morgan fingerprint density at radius 2 is 2.03 bits per heavy atom. The lowest BCUT2D eigenvalue weighted by molar-refractivity contribution is 0.249. The molecule has 2 aromatic rings. The van der Waals surface area contributed by atoms with Gasteiger partial charge in [-0.1, -0.05) is 6.08 Å². The van der Waals surface area contributed by atoms with E-state index in [1.54, 1.807) is 13.2 Å². The van der Waals surface area contributed by atoms with Crippen molar-refractivity contribution >= 4 is 16.6 Å². The van der Waals surface area contributed by atoms with Crippen LogP contribution in [-0.4, -0.2) is 36.0 Å². The summed E-state index contributed by atoms with van der Waals surface area (Å²) in [6.07, 6.45) is 10.6. The van der Waals surface area contributed by atoms with Gasteiger partial charge in [-0.3, -0.25) is 9.79 Å². The van der Waals surface area contributed by atoms with E-state index in [2.05, 4.69) is 16.4 Å². The minimum absolute atomic E-state index is 0.0103. The van der Waals surface area contributed by atoms with Gasteiger partial charge in [0.1, 0.15) is 5.75 Å². The van der Waals surface area contributed by atoms with Crippen LogP contribution in [0.1, 0.15) is 38.5 Å². The van der Waals surface area contributed by atoms with Crippen molar-refractivity contribution in [2.75, 3.05) is 13.7 Å². The molecule has 4 rings (SSSR count). The van der Waals surface area contributed by atoms with E-state index >= 15 is 0 Å². The number of nitrogens with one attached hydrogen (secondary N) is 1. The first kappa shape index (κ1) is 20.8. The summed E-state index contributed by atoms with van der Waals surface area (Å²) >= 11 is 0. The smallest absolute Gasteiger partial charge is 0.251 e. The number of hydrogen-bond donors (Lipinski definition) is 2. The van der Waals surface area contributed by atoms with E-state index in [1.807, 2.05) is 35.0 Å². The zero-order chi connectivity index (χ0) is 20.9. The summed E-state index contributed by atoms with van der Waals surface area (Å²) in [5.41, 5.74) is 8.73. The Balaban J connectivity index is 1.36. The van der Waals surface area contributed by atoms with Crippen molar-refractivity contribution in [1.29, 1.82) is 0 Å². The lowest BCUT2D eigenvalue weighted by Gasteiger charge is -2.33. The second-order valence-corrected chi connectivity index (χ2v) is 8.48. The standard InChI is InChI=1S/C24H32N4O2/c1-30-21-11-7-18-8-12-24(29)28(23(18)14-21)16-22(25)17-5-9-19(10-6-17)27-15-20-4-2-3-13-26-20/h3,7-8,11-14,17,19,22,27H,2,4-6,9-10,15-16,25H2,1H3. The Labute approximate surface area is 177 Å². The highest BCUT2D eigenvalue weighted by atomic mass is 16.5.